The molecule has 2 bridgehead atoms. The van der Waals surface area contributed by atoms with Gasteiger partial charge in [0.25, 0.3) is 0 Å². The second-order valence-corrected chi connectivity index (χ2v) is 6.84. The van der Waals surface area contributed by atoms with E-state index >= 15 is 0 Å². The summed E-state index contributed by atoms with van der Waals surface area (Å²) in [6.07, 6.45) is 0.643. The van der Waals surface area contributed by atoms with Crippen LogP contribution in [0.2, 0.25) is 5.02 Å². The Morgan fingerprint density at radius 1 is 1.32 bits per heavy atom. The molecule has 2 unspecified atom stereocenters. The third-order valence-corrected chi connectivity index (χ3v) is 4.90. The van der Waals surface area contributed by atoms with Crippen molar-refractivity contribution in [3.63, 3.8) is 0 Å². The minimum atomic E-state index is -0.805. The van der Waals surface area contributed by atoms with E-state index in [9.17, 15) is 4.79 Å². The van der Waals surface area contributed by atoms with Gasteiger partial charge in [-0.05, 0) is 44.2 Å². The normalized spacial score (nSPS) is 24.2. The summed E-state index contributed by atoms with van der Waals surface area (Å²) in [5.41, 5.74) is 0.883. The van der Waals surface area contributed by atoms with E-state index in [1.807, 2.05) is 44.2 Å². The van der Waals surface area contributed by atoms with E-state index in [0.717, 1.165) is 11.3 Å². The molecule has 4 rings (SSSR count). The summed E-state index contributed by atoms with van der Waals surface area (Å²) in [7, 11) is 0. The first-order chi connectivity index (χ1) is 12.0. The number of ether oxygens (including phenoxy) is 2. The highest BCUT2D eigenvalue weighted by molar-refractivity contribution is 6.30. The third kappa shape index (κ3) is 2.59. The van der Waals surface area contributed by atoms with Gasteiger partial charge in [-0.2, -0.15) is 0 Å². The van der Waals surface area contributed by atoms with Gasteiger partial charge < -0.3 is 14.8 Å². The summed E-state index contributed by atoms with van der Waals surface area (Å²) in [5.74, 6) is 1.39. The number of halogens is 1. The van der Waals surface area contributed by atoms with Crippen LogP contribution in [0.1, 0.15) is 31.9 Å². The molecule has 1 saturated heterocycles. The van der Waals surface area contributed by atoms with E-state index in [0.29, 0.717) is 29.5 Å². The van der Waals surface area contributed by atoms with Crippen LogP contribution < -0.4 is 19.7 Å². The lowest BCUT2D eigenvalue weighted by atomic mass is 9.90. The number of amides is 2. The molecule has 2 aromatic carbocycles. The first-order valence-corrected chi connectivity index (χ1v) is 8.70. The van der Waals surface area contributed by atoms with Gasteiger partial charge in [-0.15, -0.1) is 0 Å². The zero-order valence-electron chi connectivity index (χ0n) is 14.1. The summed E-state index contributed by atoms with van der Waals surface area (Å²) < 4.78 is 12.1. The molecule has 130 valence electrons. The highest BCUT2D eigenvalue weighted by atomic mass is 35.5. The highest BCUT2D eigenvalue weighted by Gasteiger charge is 2.50. The van der Waals surface area contributed by atoms with Crippen molar-refractivity contribution in [1.82, 2.24) is 5.32 Å². The average molecular weight is 359 g/mol. The number of anilines is 1. The average Bonchev–Trinajstić information content (AvgIpc) is 2.57. The molecular formula is C19H19ClN2O3. The molecule has 0 radical (unpaired) electrons. The van der Waals surface area contributed by atoms with Crippen molar-refractivity contribution in [3.05, 3.63) is 53.1 Å². The van der Waals surface area contributed by atoms with E-state index in [1.54, 1.807) is 17.0 Å². The zero-order chi connectivity index (χ0) is 17.6. The lowest BCUT2D eigenvalue weighted by molar-refractivity contribution is 0.0343. The molecule has 0 spiro atoms. The number of urea groups is 1. The maximum atomic E-state index is 12.8. The molecule has 0 aliphatic carbocycles. The summed E-state index contributed by atoms with van der Waals surface area (Å²) in [6.45, 7) is 4.42. The highest BCUT2D eigenvalue weighted by Crippen LogP contribution is 2.49. The number of hydrogen-bond acceptors (Lipinski definition) is 3. The van der Waals surface area contributed by atoms with E-state index in [1.165, 1.54) is 0 Å². The molecule has 0 aromatic heterocycles. The van der Waals surface area contributed by atoms with Gasteiger partial charge in [-0.25, -0.2) is 4.79 Å². The maximum absolute atomic E-state index is 12.8. The molecule has 2 aliphatic heterocycles. The largest absolute Gasteiger partial charge is 0.490 e. The predicted molar refractivity (Wildman–Crippen MR) is 96.5 cm³/mol. The van der Waals surface area contributed by atoms with Gasteiger partial charge in [0, 0.05) is 22.7 Å². The minimum Gasteiger partial charge on any atom is -0.490 e. The van der Waals surface area contributed by atoms with Crippen LogP contribution in [-0.4, -0.2) is 18.4 Å². The van der Waals surface area contributed by atoms with Crippen molar-refractivity contribution < 1.29 is 14.3 Å². The zero-order valence-corrected chi connectivity index (χ0v) is 14.8. The number of nitrogens with zero attached hydrogens (tertiary/aromatic N) is 1. The minimum absolute atomic E-state index is 0.106. The molecule has 2 amide bonds. The van der Waals surface area contributed by atoms with Crippen LogP contribution in [0.25, 0.3) is 0 Å². The molecule has 0 saturated carbocycles. The quantitative estimate of drug-likeness (QED) is 0.878. The number of benzene rings is 2. The van der Waals surface area contributed by atoms with Gasteiger partial charge >= 0.3 is 6.03 Å². The predicted octanol–water partition coefficient (Wildman–Crippen LogP) is 4.51. The van der Waals surface area contributed by atoms with E-state index in [4.69, 9.17) is 21.1 Å². The summed E-state index contributed by atoms with van der Waals surface area (Å²) in [4.78, 5) is 14.4. The standard InChI is InChI=1S/C19H19ClN2O3/c1-3-24-16-6-4-5-14-15-11-19(2,25-17(14)16)22(18(23)21-15)13-9-7-12(20)8-10-13/h4-10,15H,3,11H2,1-2H3,(H,21,23). The van der Waals surface area contributed by atoms with Crippen molar-refractivity contribution >= 4 is 23.3 Å². The Morgan fingerprint density at radius 2 is 2.08 bits per heavy atom. The van der Waals surface area contributed by atoms with Crippen molar-refractivity contribution in [2.24, 2.45) is 0 Å². The number of carbonyl (C=O) groups excluding carboxylic acids is 1. The van der Waals surface area contributed by atoms with Crippen molar-refractivity contribution in [3.8, 4) is 11.5 Å². The van der Waals surface area contributed by atoms with Crippen LogP contribution in [0.3, 0.4) is 0 Å². The molecule has 2 heterocycles. The molecule has 6 heteroatoms. The molecule has 25 heavy (non-hydrogen) atoms. The smallest absolute Gasteiger partial charge is 0.325 e. The van der Waals surface area contributed by atoms with Crippen LogP contribution in [0.5, 0.6) is 11.5 Å². The van der Waals surface area contributed by atoms with Crippen molar-refractivity contribution in [1.29, 1.82) is 0 Å². The van der Waals surface area contributed by atoms with Gasteiger partial charge in [0.2, 0.25) is 0 Å². The Morgan fingerprint density at radius 3 is 2.80 bits per heavy atom. The van der Waals surface area contributed by atoms with Crippen molar-refractivity contribution in [2.75, 3.05) is 11.5 Å². The molecular weight excluding hydrogens is 340 g/mol. The first kappa shape index (κ1) is 16.1. The van der Waals surface area contributed by atoms with Crippen LogP contribution in [0, 0.1) is 0 Å². The van der Waals surface area contributed by atoms with E-state index in [-0.39, 0.29) is 12.1 Å². The van der Waals surface area contributed by atoms with Crippen LogP contribution in [-0.2, 0) is 0 Å². The molecule has 1 N–H and O–H groups in total. The second-order valence-electron chi connectivity index (χ2n) is 6.40. The Kier molecular flexibility index (Phi) is 3.76. The Hall–Kier alpha value is -2.40. The fourth-order valence-corrected chi connectivity index (χ4v) is 3.74. The number of fused-ring (bicyclic) bond motifs is 4. The third-order valence-electron chi connectivity index (χ3n) is 4.65. The van der Waals surface area contributed by atoms with Crippen LogP contribution in [0.4, 0.5) is 10.5 Å². The van der Waals surface area contributed by atoms with E-state index < -0.39 is 5.72 Å². The monoisotopic (exact) mass is 358 g/mol. The van der Waals surface area contributed by atoms with Crippen LogP contribution in [0.15, 0.2) is 42.5 Å². The SMILES string of the molecule is CCOc1cccc2c1OC1(C)CC2NC(=O)N1c1ccc(Cl)cc1. The molecule has 2 aliphatic rings. The lowest BCUT2D eigenvalue weighted by Gasteiger charge is -2.50. The summed E-state index contributed by atoms with van der Waals surface area (Å²) >= 11 is 5.98. The number of para-hydroxylation sites is 1. The fraction of sp³-hybridized carbons (Fsp3) is 0.316. The number of rotatable bonds is 3. The van der Waals surface area contributed by atoms with E-state index in [2.05, 4.69) is 5.32 Å². The van der Waals surface area contributed by atoms with Crippen molar-refractivity contribution in [2.45, 2.75) is 32.0 Å². The van der Waals surface area contributed by atoms with Gasteiger partial charge in [0.15, 0.2) is 17.2 Å². The fourth-order valence-electron chi connectivity index (χ4n) is 3.61. The number of hydrogen-bond donors (Lipinski definition) is 1. The summed E-state index contributed by atoms with van der Waals surface area (Å²) in [5, 5.41) is 3.70. The molecule has 5 nitrogen and oxygen atoms in total. The lowest BCUT2D eigenvalue weighted by Crippen LogP contribution is -2.65. The van der Waals surface area contributed by atoms with Gasteiger partial charge in [0.1, 0.15) is 0 Å². The second kappa shape index (κ2) is 5.85. The number of carbonyl (C=O) groups is 1. The Bertz CT molecular complexity index is 824. The van der Waals surface area contributed by atoms with Crippen LogP contribution >= 0.6 is 11.6 Å². The molecule has 1 fully saturated rings. The van der Waals surface area contributed by atoms with Gasteiger partial charge in [0.05, 0.1) is 12.6 Å². The molecule has 2 atom stereocenters. The maximum Gasteiger partial charge on any atom is 0.325 e. The Labute approximate surface area is 151 Å². The van der Waals surface area contributed by atoms with Gasteiger partial charge in [-0.3, -0.25) is 4.90 Å². The number of nitrogens with one attached hydrogen (secondary N) is 1. The van der Waals surface area contributed by atoms with Gasteiger partial charge in [-0.1, -0.05) is 23.7 Å². The summed E-state index contributed by atoms with van der Waals surface area (Å²) in [6, 6.07) is 12.7. The molecule has 2 aromatic rings. The Balaban J connectivity index is 1.79. The topological polar surface area (TPSA) is 50.8 Å². The first-order valence-electron chi connectivity index (χ1n) is 8.33.